The fourth-order valence-electron chi connectivity index (χ4n) is 3.07. The summed E-state index contributed by atoms with van der Waals surface area (Å²) in [4.78, 5) is 28.5. The lowest BCUT2D eigenvalue weighted by atomic mass is 9.88. The summed E-state index contributed by atoms with van der Waals surface area (Å²) in [5.74, 6) is 4.02. The van der Waals surface area contributed by atoms with E-state index in [4.69, 9.17) is 11.7 Å². The van der Waals surface area contributed by atoms with Crippen molar-refractivity contribution in [3.63, 3.8) is 0 Å². The van der Waals surface area contributed by atoms with Crippen LogP contribution in [0.25, 0.3) is 0 Å². The fourth-order valence-corrected chi connectivity index (χ4v) is 3.07. The van der Waals surface area contributed by atoms with Crippen LogP contribution in [0.1, 0.15) is 17.2 Å². The Labute approximate surface area is 160 Å². The van der Waals surface area contributed by atoms with Crippen LogP contribution in [-0.2, 0) is 15.8 Å². The Morgan fingerprint density at radius 3 is 2.48 bits per heavy atom. The second-order valence-electron chi connectivity index (χ2n) is 6.33. The average molecular weight is 415 g/mol. The highest BCUT2D eigenvalue weighted by Gasteiger charge is 2.47. The summed E-state index contributed by atoms with van der Waals surface area (Å²) < 4.78 is 65.5. The van der Waals surface area contributed by atoms with E-state index in [9.17, 15) is 31.5 Å². The Kier molecular flexibility index (Phi) is 5.24. The van der Waals surface area contributed by atoms with Crippen LogP contribution in [-0.4, -0.2) is 28.4 Å². The summed E-state index contributed by atoms with van der Waals surface area (Å²) in [6.45, 7) is -0.207. The van der Waals surface area contributed by atoms with Gasteiger partial charge in [0.05, 0.1) is 5.69 Å². The molecule has 2 aromatic rings. The van der Waals surface area contributed by atoms with E-state index in [-0.39, 0.29) is 17.1 Å². The third kappa shape index (κ3) is 3.76. The standard InChI is InChI=1S/C17H14F5N5O2/c18-10-2-1-3-11(14(10)19)27(24)16(29)13-9(7-26(23)15(13)28)8-4-5-12(25-6-8)17(20,21)22/h1-6,9,13H,7,23-24H2. The molecule has 4 N–H and O–H groups in total. The first-order valence-electron chi connectivity index (χ1n) is 8.14. The third-order valence-corrected chi connectivity index (χ3v) is 4.54. The Morgan fingerprint density at radius 1 is 1.21 bits per heavy atom. The average Bonchev–Trinajstić information content (AvgIpc) is 2.97. The summed E-state index contributed by atoms with van der Waals surface area (Å²) in [7, 11) is 0. The molecule has 2 amide bonds. The van der Waals surface area contributed by atoms with E-state index in [1.165, 1.54) is 0 Å². The highest BCUT2D eigenvalue weighted by atomic mass is 19.4. The van der Waals surface area contributed by atoms with Crippen molar-refractivity contribution in [1.29, 1.82) is 0 Å². The molecular formula is C17H14F5N5O2. The second kappa shape index (κ2) is 7.37. The lowest BCUT2D eigenvalue weighted by molar-refractivity contribution is -0.141. The van der Waals surface area contributed by atoms with Crippen molar-refractivity contribution in [2.75, 3.05) is 11.6 Å². The fraction of sp³-hybridized carbons (Fsp3) is 0.235. The Bertz CT molecular complexity index is 950. The Hall–Kier alpha value is -3.12. The molecule has 1 aromatic carbocycles. The first-order valence-corrected chi connectivity index (χ1v) is 8.14. The van der Waals surface area contributed by atoms with E-state index in [0.717, 1.165) is 30.5 Å². The quantitative estimate of drug-likeness (QED) is 0.261. The van der Waals surface area contributed by atoms with Gasteiger partial charge in [-0.05, 0) is 23.8 Å². The van der Waals surface area contributed by atoms with Crippen LogP contribution in [0.15, 0.2) is 36.5 Å². The number of amides is 2. The number of carbonyl (C=O) groups excluding carboxylic acids is 2. The molecule has 3 rings (SSSR count). The molecule has 0 aliphatic carbocycles. The van der Waals surface area contributed by atoms with Gasteiger partial charge in [0.15, 0.2) is 11.6 Å². The molecule has 1 saturated heterocycles. The lowest BCUT2D eigenvalue weighted by Crippen LogP contribution is -2.46. The number of nitrogens with zero attached hydrogens (tertiary/aromatic N) is 3. The zero-order valence-corrected chi connectivity index (χ0v) is 14.5. The van der Waals surface area contributed by atoms with E-state index in [1.807, 2.05) is 0 Å². The van der Waals surface area contributed by atoms with Gasteiger partial charge in [0.1, 0.15) is 11.6 Å². The van der Waals surface area contributed by atoms with E-state index in [2.05, 4.69) is 4.98 Å². The van der Waals surface area contributed by atoms with Gasteiger partial charge in [0.2, 0.25) is 5.91 Å². The maximum Gasteiger partial charge on any atom is 0.433 e. The minimum atomic E-state index is -4.66. The molecule has 2 heterocycles. The molecular weight excluding hydrogens is 401 g/mol. The third-order valence-electron chi connectivity index (χ3n) is 4.54. The maximum absolute atomic E-state index is 14.0. The maximum atomic E-state index is 14.0. The molecule has 12 heteroatoms. The highest BCUT2D eigenvalue weighted by Crippen LogP contribution is 2.35. The van der Waals surface area contributed by atoms with E-state index in [1.54, 1.807) is 0 Å². The van der Waals surface area contributed by atoms with Gasteiger partial charge in [-0.2, -0.15) is 13.2 Å². The second-order valence-corrected chi connectivity index (χ2v) is 6.33. The largest absolute Gasteiger partial charge is 0.433 e. The Morgan fingerprint density at radius 2 is 1.90 bits per heavy atom. The SMILES string of the molecule is NN1CC(c2ccc(C(F)(F)F)nc2)C(C(=O)N(N)c2cccc(F)c2F)C1=O. The number of aromatic nitrogens is 1. The van der Waals surface area contributed by atoms with E-state index in [0.29, 0.717) is 11.1 Å². The molecule has 1 aromatic heterocycles. The van der Waals surface area contributed by atoms with Gasteiger partial charge in [0, 0.05) is 18.7 Å². The predicted molar refractivity (Wildman–Crippen MR) is 89.4 cm³/mol. The van der Waals surface area contributed by atoms with Gasteiger partial charge in [0.25, 0.3) is 5.91 Å². The van der Waals surface area contributed by atoms with Crippen LogP contribution in [0.5, 0.6) is 0 Å². The Balaban J connectivity index is 1.94. The number of benzene rings is 1. The number of hydrogen-bond acceptors (Lipinski definition) is 5. The summed E-state index contributed by atoms with van der Waals surface area (Å²) in [6.07, 6.45) is -3.79. The highest BCUT2D eigenvalue weighted by molar-refractivity contribution is 6.09. The number of alkyl halides is 3. The van der Waals surface area contributed by atoms with Crippen LogP contribution in [0.2, 0.25) is 0 Å². The lowest BCUT2D eigenvalue weighted by Gasteiger charge is -2.23. The van der Waals surface area contributed by atoms with Crippen molar-refractivity contribution in [1.82, 2.24) is 9.99 Å². The molecule has 2 unspecified atom stereocenters. The number of carbonyl (C=O) groups is 2. The van der Waals surface area contributed by atoms with Crippen molar-refractivity contribution in [3.05, 3.63) is 59.4 Å². The van der Waals surface area contributed by atoms with Crippen molar-refractivity contribution in [3.8, 4) is 0 Å². The van der Waals surface area contributed by atoms with Gasteiger partial charge in [-0.15, -0.1) is 0 Å². The number of pyridine rings is 1. The number of anilines is 1. The van der Waals surface area contributed by atoms with E-state index < -0.39 is 52.8 Å². The van der Waals surface area contributed by atoms with Gasteiger partial charge in [-0.3, -0.25) is 19.6 Å². The normalized spacial score (nSPS) is 19.6. The van der Waals surface area contributed by atoms with Crippen molar-refractivity contribution in [2.45, 2.75) is 12.1 Å². The van der Waals surface area contributed by atoms with Crippen molar-refractivity contribution >= 4 is 17.5 Å². The molecule has 2 atom stereocenters. The molecule has 1 aliphatic rings. The number of hydrogen-bond donors (Lipinski definition) is 2. The molecule has 1 aliphatic heterocycles. The molecule has 0 radical (unpaired) electrons. The summed E-state index contributed by atoms with van der Waals surface area (Å²) >= 11 is 0. The summed E-state index contributed by atoms with van der Waals surface area (Å²) in [6, 6.07) is 4.73. The van der Waals surface area contributed by atoms with E-state index >= 15 is 0 Å². The van der Waals surface area contributed by atoms with Crippen LogP contribution >= 0.6 is 0 Å². The van der Waals surface area contributed by atoms with Crippen molar-refractivity contribution in [2.24, 2.45) is 17.6 Å². The van der Waals surface area contributed by atoms with Gasteiger partial charge in [-0.1, -0.05) is 12.1 Å². The molecule has 1 fully saturated rings. The number of nitrogens with two attached hydrogens (primary N) is 2. The van der Waals surface area contributed by atoms with Crippen LogP contribution in [0.4, 0.5) is 27.6 Å². The smallest absolute Gasteiger partial charge is 0.279 e. The number of rotatable bonds is 3. The molecule has 154 valence electrons. The predicted octanol–water partition coefficient (Wildman–Crippen LogP) is 1.70. The zero-order valence-electron chi connectivity index (χ0n) is 14.5. The zero-order chi connectivity index (χ0) is 21.5. The molecule has 29 heavy (non-hydrogen) atoms. The van der Waals surface area contributed by atoms with Gasteiger partial charge >= 0.3 is 6.18 Å². The van der Waals surface area contributed by atoms with Crippen LogP contribution in [0, 0.1) is 17.6 Å². The van der Waals surface area contributed by atoms with Crippen molar-refractivity contribution < 1.29 is 31.5 Å². The monoisotopic (exact) mass is 415 g/mol. The number of hydrazine groups is 2. The molecule has 0 bridgehead atoms. The van der Waals surface area contributed by atoms with Gasteiger partial charge in [-0.25, -0.2) is 25.5 Å². The summed E-state index contributed by atoms with van der Waals surface area (Å²) in [5, 5.41) is 0.991. The first kappa shape index (κ1) is 20.6. The topological polar surface area (TPSA) is 106 Å². The molecule has 0 spiro atoms. The molecule has 0 saturated carbocycles. The van der Waals surface area contributed by atoms with Crippen LogP contribution < -0.4 is 16.7 Å². The minimum Gasteiger partial charge on any atom is -0.279 e. The van der Waals surface area contributed by atoms with Gasteiger partial charge < -0.3 is 0 Å². The molecule has 7 nitrogen and oxygen atoms in total. The van der Waals surface area contributed by atoms with Crippen LogP contribution in [0.3, 0.4) is 0 Å². The summed E-state index contributed by atoms with van der Waals surface area (Å²) in [5.41, 5.74) is -1.63. The number of halogens is 5. The minimum absolute atomic E-state index is 0.130. The first-order chi connectivity index (χ1) is 13.5.